The number of nitrogens with two attached hydrogens (primary N) is 1. The molecular weight excluding hydrogens is 520 g/mol. The summed E-state index contributed by atoms with van der Waals surface area (Å²) in [6, 6.07) is 25.0. The Morgan fingerprint density at radius 3 is 2.24 bits per heavy atom. The molecule has 3 aromatic carbocycles. The standard InChI is InChI=1S/C31H36N6O4/c32-18-8-7-13-29(30(39)33-26-16-14-24(21-38)15-17-26)37-20-28(35-36-37)27(19-23-9-3-1-4-10-23)34-31(40)41-22-25-11-5-2-6-12-25/h1-6,9-12,14-17,20,27,29,38H,7-8,13,18-19,21-22,32H2,(H,33,39)(H,34,40)/t27-,29+/m1/s1. The monoisotopic (exact) mass is 556 g/mol. The summed E-state index contributed by atoms with van der Waals surface area (Å²) in [5, 5.41) is 23.8. The van der Waals surface area contributed by atoms with Gasteiger partial charge < -0.3 is 26.2 Å². The molecule has 0 aliphatic heterocycles. The molecule has 2 amide bonds. The third kappa shape index (κ3) is 8.99. The van der Waals surface area contributed by atoms with Gasteiger partial charge in [-0.3, -0.25) is 4.79 Å². The summed E-state index contributed by atoms with van der Waals surface area (Å²) >= 11 is 0. The molecule has 10 heteroatoms. The van der Waals surface area contributed by atoms with E-state index in [-0.39, 0.29) is 19.1 Å². The van der Waals surface area contributed by atoms with Crippen LogP contribution < -0.4 is 16.4 Å². The number of nitrogens with one attached hydrogen (secondary N) is 2. The number of rotatable bonds is 14. The van der Waals surface area contributed by atoms with Crippen LogP contribution >= 0.6 is 0 Å². The fourth-order valence-corrected chi connectivity index (χ4v) is 4.37. The zero-order chi connectivity index (χ0) is 28.9. The van der Waals surface area contributed by atoms with E-state index in [2.05, 4.69) is 20.9 Å². The average Bonchev–Trinajstić information content (AvgIpc) is 3.49. The van der Waals surface area contributed by atoms with E-state index >= 15 is 0 Å². The van der Waals surface area contributed by atoms with Crippen LogP contribution in [0.3, 0.4) is 0 Å². The summed E-state index contributed by atoms with van der Waals surface area (Å²) in [6.07, 6.45) is 3.59. The lowest BCUT2D eigenvalue weighted by Crippen LogP contribution is -2.31. The molecule has 214 valence electrons. The van der Waals surface area contributed by atoms with Crippen LogP contribution in [0.4, 0.5) is 10.5 Å². The van der Waals surface area contributed by atoms with E-state index in [1.54, 1.807) is 30.5 Å². The molecule has 0 unspecified atom stereocenters. The maximum atomic E-state index is 13.4. The first-order chi connectivity index (χ1) is 20.1. The predicted octanol–water partition coefficient (Wildman–Crippen LogP) is 4.29. The van der Waals surface area contributed by atoms with Crippen molar-refractivity contribution in [3.63, 3.8) is 0 Å². The lowest BCUT2D eigenvalue weighted by molar-refractivity contribution is -0.119. The number of hydrogen-bond donors (Lipinski definition) is 4. The summed E-state index contributed by atoms with van der Waals surface area (Å²) in [4.78, 5) is 26.1. The Balaban J connectivity index is 1.51. The molecule has 0 saturated carbocycles. The number of aliphatic hydroxyl groups is 1. The Bertz CT molecular complexity index is 1360. The highest BCUT2D eigenvalue weighted by Gasteiger charge is 2.25. The van der Waals surface area contributed by atoms with E-state index in [0.29, 0.717) is 30.8 Å². The van der Waals surface area contributed by atoms with Crippen LogP contribution in [0.1, 0.15) is 53.7 Å². The second-order valence-electron chi connectivity index (χ2n) is 9.72. The van der Waals surface area contributed by atoms with Crippen LogP contribution in [-0.4, -0.2) is 38.6 Å². The van der Waals surface area contributed by atoms with Crippen molar-refractivity contribution in [1.29, 1.82) is 0 Å². The fourth-order valence-electron chi connectivity index (χ4n) is 4.37. The van der Waals surface area contributed by atoms with Crippen LogP contribution in [0.25, 0.3) is 0 Å². The van der Waals surface area contributed by atoms with Gasteiger partial charge >= 0.3 is 6.09 Å². The van der Waals surface area contributed by atoms with Crippen LogP contribution in [-0.2, 0) is 29.2 Å². The molecule has 4 rings (SSSR count). The van der Waals surface area contributed by atoms with E-state index in [1.165, 1.54) is 4.68 Å². The first-order valence-corrected chi connectivity index (χ1v) is 13.7. The van der Waals surface area contributed by atoms with Gasteiger partial charge in [-0.05, 0) is 61.1 Å². The van der Waals surface area contributed by atoms with Crippen molar-refractivity contribution in [3.05, 3.63) is 114 Å². The molecule has 0 spiro atoms. The van der Waals surface area contributed by atoms with Crippen LogP contribution in [0.5, 0.6) is 0 Å². The Kier molecular flexibility index (Phi) is 11.0. The molecule has 0 bridgehead atoms. The SMILES string of the molecule is NCCCC[C@@H](C(=O)Nc1ccc(CO)cc1)n1cc([C@@H](Cc2ccccc2)NC(=O)OCc2ccccc2)nn1. The Morgan fingerprint density at radius 2 is 1.59 bits per heavy atom. The second kappa shape index (κ2) is 15.3. The van der Waals surface area contributed by atoms with E-state index in [0.717, 1.165) is 29.5 Å². The fraction of sp³-hybridized carbons (Fsp3) is 0.290. The number of aromatic nitrogens is 3. The van der Waals surface area contributed by atoms with Crippen molar-refractivity contribution < 1.29 is 19.4 Å². The molecule has 1 heterocycles. The topological polar surface area (TPSA) is 144 Å². The highest BCUT2D eigenvalue weighted by molar-refractivity contribution is 5.93. The van der Waals surface area contributed by atoms with Crippen molar-refractivity contribution in [3.8, 4) is 0 Å². The number of anilines is 1. The number of carbonyl (C=O) groups is 2. The predicted molar refractivity (Wildman–Crippen MR) is 156 cm³/mol. The largest absolute Gasteiger partial charge is 0.445 e. The maximum Gasteiger partial charge on any atom is 0.408 e. The molecule has 4 aromatic rings. The maximum absolute atomic E-state index is 13.4. The molecular formula is C31H36N6O4. The lowest BCUT2D eigenvalue weighted by Gasteiger charge is -2.18. The van der Waals surface area contributed by atoms with Crippen molar-refractivity contribution in [2.24, 2.45) is 5.73 Å². The summed E-state index contributed by atoms with van der Waals surface area (Å²) in [5.41, 5.74) is 9.45. The second-order valence-corrected chi connectivity index (χ2v) is 9.72. The summed E-state index contributed by atoms with van der Waals surface area (Å²) in [7, 11) is 0. The van der Waals surface area contributed by atoms with Gasteiger partial charge in [0.15, 0.2) is 0 Å². The van der Waals surface area contributed by atoms with Gasteiger partial charge in [-0.2, -0.15) is 0 Å². The smallest absolute Gasteiger partial charge is 0.408 e. The molecule has 10 nitrogen and oxygen atoms in total. The summed E-state index contributed by atoms with van der Waals surface area (Å²) in [5.74, 6) is -0.245. The Morgan fingerprint density at radius 1 is 0.902 bits per heavy atom. The molecule has 5 N–H and O–H groups in total. The molecule has 0 aliphatic rings. The number of aliphatic hydroxyl groups excluding tert-OH is 1. The van der Waals surface area contributed by atoms with Gasteiger partial charge in [0.05, 0.1) is 18.8 Å². The van der Waals surface area contributed by atoms with Crippen LogP contribution in [0.2, 0.25) is 0 Å². The number of nitrogens with zero attached hydrogens (tertiary/aromatic N) is 3. The van der Waals surface area contributed by atoms with Gasteiger partial charge in [0.2, 0.25) is 5.91 Å². The minimum Gasteiger partial charge on any atom is -0.445 e. The number of unbranched alkanes of at least 4 members (excludes halogenated alkanes) is 1. The van der Waals surface area contributed by atoms with Crippen molar-refractivity contribution in [2.75, 3.05) is 11.9 Å². The minimum absolute atomic E-state index is 0.0738. The van der Waals surface area contributed by atoms with E-state index in [4.69, 9.17) is 10.5 Å². The van der Waals surface area contributed by atoms with Gasteiger partial charge in [0, 0.05) is 5.69 Å². The van der Waals surface area contributed by atoms with Gasteiger partial charge in [0.1, 0.15) is 18.3 Å². The van der Waals surface area contributed by atoms with Gasteiger partial charge in [-0.15, -0.1) is 5.10 Å². The minimum atomic E-state index is -0.636. The molecule has 41 heavy (non-hydrogen) atoms. The lowest BCUT2D eigenvalue weighted by atomic mass is 10.0. The van der Waals surface area contributed by atoms with E-state index < -0.39 is 18.2 Å². The normalized spacial score (nSPS) is 12.3. The highest BCUT2D eigenvalue weighted by Crippen LogP contribution is 2.22. The molecule has 0 radical (unpaired) electrons. The Labute approximate surface area is 239 Å². The number of hydrogen-bond acceptors (Lipinski definition) is 7. The first kappa shape index (κ1) is 29.4. The molecule has 1 aromatic heterocycles. The van der Waals surface area contributed by atoms with Gasteiger partial charge in [-0.25, -0.2) is 9.48 Å². The van der Waals surface area contributed by atoms with E-state index in [9.17, 15) is 14.7 Å². The van der Waals surface area contributed by atoms with Crippen molar-refractivity contribution in [1.82, 2.24) is 20.3 Å². The van der Waals surface area contributed by atoms with Gasteiger partial charge in [0.25, 0.3) is 0 Å². The molecule has 0 aliphatic carbocycles. The van der Waals surface area contributed by atoms with Gasteiger partial charge in [-0.1, -0.05) is 78.0 Å². The van der Waals surface area contributed by atoms with E-state index in [1.807, 2.05) is 60.7 Å². The zero-order valence-electron chi connectivity index (χ0n) is 22.9. The Hall–Kier alpha value is -4.54. The van der Waals surface area contributed by atoms with Crippen LogP contribution in [0, 0.1) is 0 Å². The molecule has 0 saturated heterocycles. The quantitative estimate of drug-likeness (QED) is 0.170. The van der Waals surface area contributed by atoms with Crippen LogP contribution in [0.15, 0.2) is 91.1 Å². The first-order valence-electron chi connectivity index (χ1n) is 13.7. The zero-order valence-corrected chi connectivity index (χ0v) is 22.9. The summed E-state index contributed by atoms with van der Waals surface area (Å²) < 4.78 is 7.00. The summed E-state index contributed by atoms with van der Waals surface area (Å²) in [6.45, 7) is 0.587. The highest BCUT2D eigenvalue weighted by atomic mass is 16.5. The average molecular weight is 557 g/mol. The van der Waals surface area contributed by atoms with Crippen molar-refractivity contribution in [2.45, 2.75) is 51.0 Å². The van der Waals surface area contributed by atoms with Crippen molar-refractivity contribution >= 4 is 17.7 Å². The number of alkyl carbamates (subject to hydrolysis) is 1. The molecule has 2 atom stereocenters. The number of benzene rings is 3. The number of ether oxygens (including phenoxy) is 1. The number of amides is 2. The molecule has 0 fully saturated rings. The number of carbonyl (C=O) groups excluding carboxylic acids is 2. The third-order valence-corrected chi connectivity index (χ3v) is 6.63. The third-order valence-electron chi connectivity index (χ3n) is 6.63.